The van der Waals surface area contributed by atoms with E-state index in [-0.39, 0.29) is 19.3 Å². The van der Waals surface area contributed by atoms with Gasteiger partial charge in [0.25, 0.3) is 5.91 Å². The molecule has 0 heterocycles. The van der Waals surface area contributed by atoms with E-state index in [1.807, 2.05) is 51.1 Å². The number of likely N-dealkylation sites (N-methyl/N-ethyl adjacent to an activating group) is 2. The highest BCUT2D eigenvalue weighted by atomic mass is 17.2. The average Bonchev–Trinajstić information content (AvgIpc) is 3.58. The number of anilines is 1. The molecule has 0 spiro atoms. The number of hydrogen-bond donors (Lipinski definition) is 2. The van der Waals surface area contributed by atoms with Crippen molar-refractivity contribution in [3.8, 4) is 0 Å². The molecule has 172 valence electrons. The first-order chi connectivity index (χ1) is 14.8. The fourth-order valence-electron chi connectivity index (χ4n) is 3.03. The number of allylic oxidation sites excluding steroid dienone is 1. The molecule has 0 aliphatic heterocycles. The minimum Gasteiger partial charge on any atom is -0.395 e. The van der Waals surface area contributed by atoms with Crippen LogP contribution in [-0.4, -0.2) is 66.6 Å². The van der Waals surface area contributed by atoms with Crippen molar-refractivity contribution < 1.29 is 24.8 Å². The van der Waals surface area contributed by atoms with Gasteiger partial charge in [0.05, 0.1) is 12.7 Å². The van der Waals surface area contributed by atoms with Crippen molar-refractivity contribution in [2.45, 2.75) is 45.8 Å². The molecule has 0 aromatic heterocycles. The quantitative estimate of drug-likeness (QED) is 0.368. The van der Waals surface area contributed by atoms with Gasteiger partial charge in [-0.25, -0.2) is 9.78 Å². The van der Waals surface area contributed by atoms with Gasteiger partial charge in [0.15, 0.2) is 6.10 Å². The summed E-state index contributed by atoms with van der Waals surface area (Å²) in [6.07, 6.45) is 6.09. The lowest BCUT2D eigenvalue weighted by Crippen LogP contribution is -2.36. The minimum absolute atomic E-state index is 0.0730. The summed E-state index contributed by atoms with van der Waals surface area (Å²) in [7, 11) is 1.64. The molecule has 7 heteroatoms. The number of rotatable bonds is 13. The summed E-state index contributed by atoms with van der Waals surface area (Å²) >= 11 is 0. The maximum atomic E-state index is 12.7. The van der Waals surface area contributed by atoms with Gasteiger partial charge in [0.1, 0.15) is 6.61 Å². The van der Waals surface area contributed by atoms with Crippen LogP contribution in [0.4, 0.5) is 5.69 Å². The van der Waals surface area contributed by atoms with Gasteiger partial charge in [0.2, 0.25) is 0 Å². The normalized spacial score (nSPS) is 15.5. The number of nitrogens with zero attached hydrogens (tertiary/aromatic N) is 2. The second kappa shape index (κ2) is 12.6. The molecule has 0 bridgehead atoms. The third-order valence-electron chi connectivity index (χ3n) is 5.01. The summed E-state index contributed by atoms with van der Waals surface area (Å²) in [5, 5.41) is 19.6. The lowest BCUT2D eigenvalue weighted by atomic mass is 10.1. The monoisotopic (exact) mass is 432 g/mol. The Bertz CT molecular complexity index is 741. The summed E-state index contributed by atoms with van der Waals surface area (Å²) in [6, 6.07) is 7.76. The Morgan fingerprint density at radius 2 is 1.94 bits per heavy atom. The summed E-state index contributed by atoms with van der Waals surface area (Å²) in [4.78, 5) is 26.6. The van der Waals surface area contributed by atoms with Crippen molar-refractivity contribution in [1.82, 2.24) is 4.90 Å². The summed E-state index contributed by atoms with van der Waals surface area (Å²) in [5.41, 5.74) is 2.58. The van der Waals surface area contributed by atoms with Gasteiger partial charge < -0.3 is 20.0 Å². The molecule has 1 aromatic carbocycles. The largest absolute Gasteiger partial charge is 0.395 e. The average molecular weight is 433 g/mol. The number of carbonyl (C=O) groups excluding carboxylic acids is 1. The van der Waals surface area contributed by atoms with Crippen molar-refractivity contribution >= 4 is 17.7 Å². The first-order valence-electron chi connectivity index (χ1n) is 10.9. The highest BCUT2D eigenvalue weighted by molar-refractivity contribution is 5.84. The van der Waals surface area contributed by atoms with Crippen molar-refractivity contribution in [3.63, 3.8) is 0 Å². The van der Waals surface area contributed by atoms with E-state index in [0.717, 1.165) is 30.6 Å². The Labute approximate surface area is 185 Å². The Hall–Kier alpha value is -2.19. The Morgan fingerprint density at radius 3 is 2.48 bits per heavy atom. The van der Waals surface area contributed by atoms with Crippen molar-refractivity contribution in [2.24, 2.45) is 5.92 Å². The van der Waals surface area contributed by atoms with E-state index in [2.05, 4.69) is 4.90 Å². The van der Waals surface area contributed by atoms with Crippen LogP contribution in [0.3, 0.4) is 0 Å². The molecule has 1 unspecified atom stereocenters. The van der Waals surface area contributed by atoms with Crippen LogP contribution in [0.5, 0.6) is 0 Å². The molecule has 1 amide bonds. The predicted octanol–water partition coefficient (Wildman–Crippen LogP) is 2.99. The maximum Gasteiger partial charge on any atom is 0.259 e. The Balaban J connectivity index is 1.98. The van der Waals surface area contributed by atoms with E-state index in [4.69, 9.17) is 14.9 Å². The zero-order chi connectivity index (χ0) is 22.8. The number of amides is 1. The van der Waals surface area contributed by atoms with E-state index >= 15 is 0 Å². The first kappa shape index (κ1) is 25.1. The van der Waals surface area contributed by atoms with Crippen LogP contribution in [-0.2, 0) is 14.6 Å². The lowest BCUT2D eigenvalue weighted by Gasteiger charge is -2.23. The molecular weight excluding hydrogens is 396 g/mol. The molecule has 7 nitrogen and oxygen atoms in total. The SMILES string of the molecule is CCN(CCO)c1ccc(C=CC(O)C(=O)N(C)/C(=C/C2CC2)COOC(C)C)cc1. The molecular formula is C24H36N2O5. The number of carbonyl (C=O) groups is 1. The van der Waals surface area contributed by atoms with Crippen LogP contribution >= 0.6 is 0 Å². The van der Waals surface area contributed by atoms with Gasteiger partial charge >= 0.3 is 0 Å². The Morgan fingerprint density at radius 1 is 1.26 bits per heavy atom. The fourth-order valence-corrected chi connectivity index (χ4v) is 3.03. The molecule has 1 aliphatic carbocycles. The molecule has 2 rings (SSSR count). The second-order valence-corrected chi connectivity index (χ2v) is 8.00. The summed E-state index contributed by atoms with van der Waals surface area (Å²) in [6.45, 7) is 7.40. The predicted molar refractivity (Wildman–Crippen MR) is 122 cm³/mol. The van der Waals surface area contributed by atoms with Crippen LogP contribution in [0, 0.1) is 5.92 Å². The zero-order valence-corrected chi connectivity index (χ0v) is 19.0. The van der Waals surface area contributed by atoms with Crippen LogP contribution in [0.1, 0.15) is 39.2 Å². The van der Waals surface area contributed by atoms with Gasteiger partial charge in [0, 0.05) is 31.5 Å². The summed E-state index contributed by atoms with van der Waals surface area (Å²) < 4.78 is 0. The molecule has 0 radical (unpaired) electrons. The topological polar surface area (TPSA) is 82.5 Å². The number of aliphatic hydroxyl groups excluding tert-OH is 2. The molecule has 1 atom stereocenters. The van der Waals surface area contributed by atoms with Crippen LogP contribution in [0.25, 0.3) is 6.08 Å². The number of benzene rings is 1. The Kier molecular flexibility index (Phi) is 10.2. The fraction of sp³-hybridized carbons (Fsp3) is 0.542. The van der Waals surface area contributed by atoms with E-state index in [1.54, 1.807) is 13.1 Å². The van der Waals surface area contributed by atoms with Gasteiger partial charge in [-0.05, 0) is 63.3 Å². The number of hydrogen-bond acceptors (Lipinski definition) is 6. The van der Waals surface area contributed by atoms with Gasteiger partial charge in [-0.3, -0.25) is 4.79 Å². The molecule has 1 aliphatic rings. The third kappa shape index (κ3) is 8.45. The van der Waals surface area contributed by atoms with Crippen molar-refractivity contribution in [1.29, 1.82) is 0 Å². The molecule has 2 N–H and O–H groups in total. The number of aliphatic hydroxyl groups is 2. The maximum absolute atomic E-state index is 12.7. The van der Waals surface area contributed by atoms with Crippen LogP contribution in [0.2, 0.25) is 0 Å². The smallest absolute Gasteiger partial charge is 0.259 e. The van der Waals surface area contributed by atoms with Crippen molar-refractivity contribution in [3.05, 3.63) is 47.7 Å². The van der Waals surface area contributed by atoms with Gasteiger partial charge in [-0.1, -0.05) is 24.3 Å². The van der Waals surface area contributed by atoms with E-state index in [9.17, 15) is 9.90 Å². The summed E-state index contributed by atoms with van der Waals surface area (Å²) in [5.74, 6) is 0.0284. The molecule has 31 heavy (non-hydrogen) atoms. The highest BCUT2D eigenvalue weighted by Crippen LogP contribution is 2.32. The minimum atomic E-state index is -1.26. The van der Waals surface area contributed by atoms with E-state index < -0.39 is 12.0 Å². The third-order valence-corrected chi connectivity index (χ3v) is 5.01. The van der Waals surface area contributed by atoms with Crippen molar-refractivity contribution in [2.75, 3.05) is 38.3 Å². The first-order valence-corrected chi connectivity index (χ1v) is 10.9. The standard InChI is InChI=1S/C24H36N2O5/c1-5-26(14-15-27)21-11-8-19(9-12-21)10-13-23(28)24(29)25(4)22(16-20-6-7-20)17-30-31-18(2)3/h8-13,16,18,20,23,27-28H,5-7,14-15,17H2,1-4H3/b13-10?,22-16+. The zero-order valence-electron chi connectivity index (χ0n) is 19.0. The molecule has 1 saturated carbocycles. The van der Waals surface area contributed by atoms with E-state index in [1.165, 1.54) is 11.0 Å². The highest BCUT2D eigenvalue weighted by Gasteiger charge is 2.25. The lowest BCUT2D eigenvalue weighted by molar-refractivity contribution is -0.312. The van der Waals surface area contributed by atoms with E-state index in [0.29, 0.717) is 18.2 Å². The van der Waals surface area contributed by atoms with Crippen LogP contribution in [0.15, 0.2) is 42.1 Å². The van der Waals surface area contributed by atoms with Gasteiger partial charge in [-0.15, -0.1) is 0 Å². The molecule has 1 fully saturated rings. The van der Waals surface area contributed by atoms with Crippen LogP contribution < -0.4 is 4.90 Å². The molecule has 1 aromatic rings. The molecule has 0 saturated heterocycles. The van der Waals surface area contributed by atoms with Gasteiger partial charge in [-0.2, -0.15) is 0 Å². The second-order valence-electron chi connectivity index (χ2n) is 8.00.